The zero-order valence-corrected chi connectivity index (χ0v) is 20.3. The number of rotatable bonds is 5. The Kier molecular flexibility index (Phi) is 6.48. The molecule has 1 aromatic carbocycles. The summed E-state index contributed by atoms with van der Waals surface area (Å²) < 4.78 is 3.16. The van der Waals surface area contributed by atoms with Gasteiger partial charge in [-0.25, -0.2) is 4.79 Å². The second-order valence-corrected chi connectivity index (χ2v) is 10.2. The van der Waals surface area contributed by atoms with Crippen LogP contribution in [-0.4, -0.2) is 71.7 Å². The highest BCUT2D eigenvalue weighted by molar-refractivity contribution is 6.00. The fraction of sp³-hybridized carbons (Fsp3) is 0.640. The summed E-state index contributed by atoms with van der Waals surface area (Å²) in [5.74, 6) is 0.133. The van der Waals surface area contributed by atoms with Gasteiger partial charge < -0.3 is 15.1 Å². The van der Waals surface area contributed by atoms with Gasteiger partial charge in [0.25, 0.3) is 0 Å². The monoisotopic (exact) mass is 468 g/mol. The maximum atomic E-state index is 13.0. The number of aromatic nitrogens is 2. The zero-order chi connectivity index (χ0) is 23.8. The average Bonchev–Trinajstić information content (AvgIpc) is 3.09. The summed E-state index contributed by atoms with van der Waals surface area (Å²) in [7, 11) is 4.03. The van der Waals surface area contributed by atoms with E-state index in [1.807, 2.05) is 6.07 Å². The smallest absolute Gasteiger partial charge is 0.329 e. The lowest BCUT2D eigenvalue weighted by Crippen LogP contribution is -2.45. The molecule has 0 saturated carbocycles. The van der Waals surface area contributed by atoms with Crippen LogP contribution < -0.4 is 21.2 Å². The predicted octanol–water partition coefficient (Wildman–Crippen LogP) is 1.22. The van der Waals surface area contributed by atoms with Crippen LogP contribution in [0.5, 0.6) is 0 Å². The minimum Gasteiger partial charge on any atom is -0.371 e. The van der Waals surface area contributed by atoms with Gasteiger partial charge in [-0.1, -0.05) is 0 Å². The third-order valence-corrected chi connectivity index (χ3v) is 8.05. The number of carbonyl (C=O) groups is 2. The maximum Gasteiger partial charge on any atom is 0.329 e. The van der Waals surface area contributed by atoms with Gasteiger partial charge >= 0.3 is 5.69 Å². The molecule has 5 rings (SSSR count). The van der Waals surface area contributed by atoms with Crippen molar-refractivity contribution in [3.05, 3.63) is 28.7 Å². The van der Waals surface area contributed by atoms with Crippen LogP contribution in [0.2, 0.25) is 0 Å². The summed E-state index contributed by atoms with van der Waals surface area (Å²) in [5, 5.41) is 5.82. The average molecular weight is 469 g/mol. The normalized spacial score (nSPS) is 23.1. The molecular weight excluding hydrogens is 432 g/mol. The van der Waals surface area contributed by atoms with E-state index in [0.717, 1.165) is 61.7 Å². The van der Waals surface area contributed by atoms with Gasteiger partial charge in [-0.2, -0.15) is 0 Å². The van der Waals surface area contributed by atoms with Gasteiger partial charge in [0.05, 0.1) is 11.0 Å². The number of amides is 2. The van der Waals surface area contributed by atoms with Crippen LogP contribution in [0.25, 0.3) is 11.0 Å². The van der Waals surface area contributed by atoms with Crippen molar-refractivity contribution in [2.45, 2.75) is 50.6 Å². The van der Waals surface area contributed by atoms with Crippen molar-refractivity contribution in [1.82, 2.24) is 24.7 Å². The first kappa shape index (κ1) is 23.1. The molecule has 2 N–H and O–H groups in total. The van der Waals surface area contributed by atoms with E-state index in [-0.39, 0.29) is 18.0 Å². The zero-order valence-electron chi connectivity index (χ0n) is 20.3. The van der Waals surface area contributed by atoms with Crippen molar-refractivity contribution in [1.29, 1.82) is 0 Å². The first-order chi connectivity index (χ1) is 16.4. The maximum absolute atomic E-state index is 13.0. The van der Waals surface area contributed by atoms with Gasteiger partial charge in [-0.05, 0) is 76.4 Å². The third-order valence-electron chi connectivity index (χ3n) is 8.05. The highest BCUT2D eigenvalue weighted by Crippen LogP contribution is 2.29. The van der Waals surface area contributed by atoms with Crippen molar-refractivity contribution < 1.29 is 9.59 Å². The largest absolute Gasteiger partial charge is 0.371 e. The fourth-order valence-electron chi connectivity index (χ4n) is 5.96. The van der Waals surface area contributed by atoms with Gasteiger partial charge in [0.1, 0.15) is 6.04 Å². The van der Waals surface area contributed by atoms with Crippen LogP contribution in [0.1, 0.15) is 44.6 Å². The van der Waals surface area contributed by atoms with Crippen LogP contribution in [0, 0.1) is 5.92 Å². The van der Waals surface area contributed by atoms with E-state index in [2.05, 4.69) is 39.6 Å². The summed E-state index contributed by atoms with van der Waals surface area (Å²) in [6, 6.07) is 6.05. The van der Waals surface area contributed by atoms with Gasteiger partial charge in [-0.15, -0.1) is 0 Å². The number of anilines is 1. The molecule has 3 fully saturated rings. The first-order valence-corrected chi connectivity index (χ1v) is 12.6. The molecule has 1 atom stereocenters. The van der Waals surface area contributed by atoms with Gasteiger partial charge in [0, 0.05) is 44.8 Å². The van der Waals surface area contributed by atoms with E-state index < -0.39 is 11.9 Å². The second kappa shape index (κ2) is 9.54. The molecule has 0 aliphatic carbocycles. The molecule has 3 aliphatic rings. The summed E-state index contributed by atoms with van der Waals surface area (Å²) in [6.07, 6.45) is 5.43. The molecular formula is C25H36N6O3. The summed E-state index contributed by atoms with van der Waals surface area (Å²) in [4.78, 5) is 42.0. The molecule has 9 nitrogen and oxygen atoms in total. The number of fused-ring (bicyclic) bond motifs is 1. The number of imidazole rings is 1. The van der Waals surface area contributed by atoms with E-state index in [4.69, 9.17) is 0 Å². The van der Waals surface area contributed by atoms with E-state index in [1.54, 1.807) is 16.2 Å². The molecule has 2 aromatic rings. The van der Waals surface area contributed by atoms with E-state index in [0.29, 0.717) is 12.5 Å². The van der Waals surface area contributed by atoms with Crippen molar-refractivity contribution >= 4 is 28.5 Å². The van der Waals surface area contributed by atoms with Crippen LogP contribution >= 0.6 is 0 Å². The quantitative estimate of drug-likeness (QED) is 0.642. The minimum atomic E-state index is -0.647. The topological polar surface area (TPSA) is 91.6 Å². The fourth-order valence-corrected chi connectivity index (χ4v) is 5.96. The minimum absolute atomic E-state index is 0.222. The number of imide groups is 1. The molecule has 34 heavy (non-hydrogen) atoms. The number of benzene rings is 1. The highest BCUT2D eigenvalue weighted by atomic mass is 16.2. The van der Waals surface area contributed by atoms with Crippen molar-refractivity contribution in [2.24, 2.45) is 13.0 Å². The highest BCUT2D eigenvalue weighted by Gasteiger charge is 2.31. The lowest BCUT2D eigenvalue weighted by atomic mass is 9.95. The Balaban J connectivity index is 1.29. The number of aryl methyl sites for hydroxylation is 1. The predicted molar refractivity (Wildman–Crippen MR) is 132 cm³/mol. The Morgan fingerprint density at radius 2 is 1.74 bits per heavy atom. The Morgan fingerprint density at radius 3 is 2.44 bits per heavy atom. The Bertz CT molecular complexity index is 1120. The number of hydrogen-bond acceptors (Lipinski definition) is 6. The summed E-state index contributed by atoms with van der Waals surface area (Å²) in [6.45, 7) is 5.47. The number of hydrogen-bond donors (Lipinski definition) is 2. The Labute approximate surface area is 200 Å². The summed E-state index contributed by atoms with van der Waals surface area (Å²) >= 11 is 0. The van der Waals surface area contributed by atoms with E-state index in [9.17, 15) is 14.4 Å². The van der Waals surface area contributed by atoms with Crippen LogP contribution in [0.3, 0.4) is 0 Å². The molecule has 0 bridgehead atoms. The second-order valence-electron chi connectivity index (χ2n) is 10.2. The molecule has 1 unspecified atom stereocenters. The molecule has 4 heterocycles. The van der Waals surface area contributed by atoms with E-state index in [1.165, 1.54) is 19.4 Å². The molecule has 9 heteroatoms. The number of nitrogens with one attached hydrogen (secondary N) is 2. The standard InChI is InChI=1S/C25H36N6O3/c1-28(16-17-7-11-26-12-8-17)18-9-13-30(14-10-18)19-3-4-20-22(15-19)29(2)25(34)31(20)21-5-6-23(32)27-24(21)33/h3-4,15,17-18,21,26H,5-14,16H2,1-2H3,(H,27,32,33). The molecule has 184 valence electrons. The van der Waals surface area contributed by atoms with Gasteiger partial charge in [0.2, 0.25) is 11.8 Å². The Hall–Kier alpha value is -2.65. The van der Waals surface area contributed by atoms with Crippen molar-refractivity contribution in [2.75, 3.05) is 44.7 Å². The lowest BCUT2D eigenvalue weighted by molar-refractivity contribution is -0.135. The first-order valence-electron chi connectivity index (χ1n) is 12.6. The number of nitrogens with zero attached hydrogens (tertiary/aromatic N) is 4. The van der Waals surface area contributed by atoms with Crippen LogP contribution in [0.4, 0.5) is 5.69 Å². The number of piperidine rings is 3. The molecule has 2 amide bonds. The number of carbonyl (C=O) groups excluding carboxylic acids is 2. The van der Waals surface area contributed by atoms with Crippen molar-refractivity contribution in [3.8, 4) is 0 Å². The van der Waals surface area contributed by atoms with Crippen molar-refractivity contribution in [3.63, 3.8) is 0 Å². The summed E-state index contributed by atoms with van der Waals surface area (Å²) in [5.41, 5.74) is 2.45. The molecule has 0 spiro atoms. The van der Waals surface area contributed by atoms with Gasteiger partial charge in [-0.3, -0.25) is 24.0 Å². The van der Waals surface area contributed by atoms with Gasteiger partial charge in [0.15, 0.2) is 0 Å². The molecule has 0 radical (unpaired) electrons. The SMILES string of the molecule is CN(CC1CCNCC1)C1CCN(c2ccc3c(c2)n(C)c(=O)n3C2CCC(=O)NC2=O)CC1. The van der Waals surface area contributed by atoms with E-state index >= 15 is 0 Å². The molecule has 3 aliphatic heterocycles. The molecule has 1 aromatic heterocycles. The molecule has 3 saturated heterocycles. The third kappa shape index (κ3) is 4.38. The van der Waals surface area contributed by atoms with Crippen LogP contribution in [-0.2, 0) is 16.6 Å². The van der Waals surface area contributed by atoms with Crippen LogP contribution in [0.15, 0.2) is 23.0 Å². The lowest BCUT2D eigenvalue weighted by Gasteiger charge is -2.39. The Morgan fingerprint density at radius 1 is 1.00 bits per heavy atom.